The highest BCUT2D eigenvalue weighted by Crippen LogP contribution is 2.28. The molecule has 1 aliphatic heterocycles. The number of amides is 1. The summed E-state index contributed by atoms with van der Waals surface area (Å²) in [7, 11) is 0. The van der Waals surface area contributed by atoms with Crippen molar-refractivity contribution in [1.82, 2.24) is 10.3 Å². The van der Waals surface area contributed by atoms with E-state index < -0.39 is 5.97 Å². The van der Waals surface area contributed by atoms with Crippen LogP contribution in [0.15, 0.2) is 29.0 Å². The van der Waals surface area contributed by atoms with Crippen LogP contribution in [0.25, 0.3) is 0 Å². The second-order valence-corrected chi connectivity index (χ2v) is 6.81. The van der Waals surface area contributed by atoms with Crippen molar-refractivity contribution < 1.29 is 19.1 Å². The third kappa shape index (κ3) is 3.99. The van der Waals surface area contributed by atoms with E-state index in [0.717, 1.165) is 31.5 Å². The largest absolute Gasteiger partial charge is 0.478 e. The number of pyridine rings is 1. The highest BCUT2D eigenvalue weighted by Gasteiger charge is 2.23. The van der Waals surface area contributed by atoms with Crippen LogP contribution in [-0.2, 0) is 0 Å². The summed E-state index contributed by atoms with van der Waals surface area (Å²) in [5.74, 6) is 0.0842. The van der Waals surface area contributed by atoms with Gasteiger partial charge in [0.2, 0.25) is 0 Å². The van der Waals surface area contributed by atoms with Gasteiger partial charge < -0.3 is 19.7 Å². The summed E-state index contributed by atoms with van der Waals surface area (Å²) in [6, 6.07) is 3.18. The Labute approximate surface area is 156 Å². The minimum absolute atomic E-state index is 0.0737. The Hall–Kier alpha value is -2.54. The lowest BCUT2D eigenvalue weighted by Crippen LogP contribution is -2.39. The Morgan fingerprint density at radius 3 is 2.73 bits per heavy atom. The van der Waals surface area contributed by atoms with Gasteiger partial charge in [-0.1, -0.05) is 11.6 Å². The zero-order valence-corrected chi connectivity index (χ0v) is 15.1. The first-order chi connectivity index (χ1) is 12.5. The molecule has 2 N–H and O–H groups in total. The lowest BCUT2D eigenvalue weighted by Gasteiger charge is -2.33. The number of halogens is 1. The van der Waals surface area contributed by atoms with E-state index in [0.29, 0.717) is 29.1 Å². The fraction of sp³-hybridized carbons (Fsp3) is 0.389. The van der Waals surface area contributed by atoms with Crippen molar-refractivity contribution in [2.75, 3.05) is 24.5 Å². The molecule has 1 amide bonds. The van der Waals surface area contributed by atoms with Crippen molar-refractivity contribution in [3.05, 3.63) is 46.5 Å². The van der Waals surface area contributed by atoms with Gasteiger partial charge in [0.15, 0.2) is 5.76 Å². The predicted octanol–water partition coefficient (Wildman–Crippen LogP) is 2.98. The molecule has 1 fully saturated rings. The predicted molar refractivity (Wildman–Crippen MR) is 96.9 cm³/mol. The number of aryl methyl sites for hydroxylation is 1. The first kappa shape index (κ1) is 18.3. The van der Waals surface area contributed by atoms with Crippen LogP contribution < -0.4 is 10.2 Å². The molecule has 2 aromatic heterocycles. The highest BCUT2D eigenvalue weighted by molar-refractivity contribution is 6.33. The van der Waals surface area contributed by atoms with Crippen LogP contribution in [0.5, 0.6) is 0 Å². The number of nitrogens with zero attached hydrogens (tertiary/aromatic N) is 2. The summed E-state index contributed by atoms with van der Waals surface area (Å²) in [6.07, 6.45) is 4.60. The zero-order valence-electron chi connectivity index (χ0n) is 14.4. The number of furan rings is 1. The number of anilines is 1. The van der Waals surface area contributed by atoms with Gasteiger partial charge in [-0.25, -0.2) is 9.78 Å². The van der Waals surface area contributed by atoms with Gasteiger partial charge in [-0.2, -0.15) is 0 Å². The Morgan fingerprint density at radius 1 is 1.42 bits per heavy atom. The molecule has 0 aromatic carbocycles. The fourth-order valence-electron chi connectivity index (χ4n) is 3.05. The van der Waals surface area contributed by atoms with E-state index in [1.54, 1.807) is 6.07 Å². The quantitative estimate of drug-likeness (QED) is 0.831. The first-order valence-corrected chi connectivity index (χ1v) is 8.79. The van der Waals surface area contributed by atoms with Crippen molar-refractivity contribution in [2.45, 2.75) is 19.8 Å². The Balaban J connectivity index is 1.52. The average Bonchev–Trinajstić information content (AvgIpc) is 3.06. The van der Waals surface area contributed by atoms with Gasteiger partial charge in [-0.3, -0.25) is 4.79 Å². The monoisotopic (exact) mass is 377 g/mol. The van der Waals surface area contributed by atoms with Crippen LogP contribution in [0.2, 0.25) is 5.02 Å². The molecule has 0 bridgehead atoms. The SMILES string of the molecule is Cc1ccoc1C(=O)NCC1CCN(c2ncc(C(=O)O)cc2Cl)CC1. The summed E-state index contributed by atoms with van der Waals surface area (Å²) in [5.41, 5.74) is 0.896. The lowest BCUT2D eigenvalue weighted by atomic mass is 9.96. The van der Waals surface area contributed by atoms with E-state index in [1.807, 2.05) is 11.8 Å². The number of nitrogens with one attached hydrogen (secondary N) is 1. The maximum atomic E-state index is 12.1. The van der Waals surface area contributed by atoms with E-state index in [4.69, 9.17) is 21.1 Å². The van der Waals surface area contributed by atoms with Crippen LogP contribution in [0.3, 0.4) is 0 Å². The normalized spacial score (nSPS) is 15.1. The second-order valence-electron chi connectivity index (χ2n) is 6.41. The summed E-state index contributed by atoms with van der Waals surface area (Å²) < 4.78 is 5.20. The number of carboxylic acids is 1. The molecule has 0 spiro atoms. The molecule has 0 aliphatic carbocycles. The molecular formula is C18H20ClN3O4. The number of hydrogen-bond donors (Lipinski definition) is 2. The number of carbonyl (C=O) groups is 2. The van der Waals surface area contributed by atoms with Gasteiger partial charge in [-0.15, -0.1) is 0 Å². The standard InChI is InChI=1S/C18H20ClN3O4/c1-11-4-7-26-15(11)17(23)21-9-12-2-5-22(6-3-12)16-14(19)8-13(10-20-16)18(24)25/h4,7-8,10,12H,2-3,5-6,9H2,1H3,(H,21,23)(H,24,25). The molecule has 3 rings (SSSR count). The molecule has 2 aromatic rings. The van der Waals surface area contributed by atoms with E-state index >= 15 is 0 Å². The molecule has 0 atom stereocenters. The lowest BCUT2D eigenvalue weighted by molar-refractivity contribution is 0.0696. The van der Waals surface area contributed by atoms with Crippen molar-refractivity contribution in [2.24, 2.45) is 5.92 Å². The third-order valence-corrected chi connectivity index (χ3v) is 4.88. The fourth-order valence-corrected chi connectivity index (χ4v) is 3.34. The average molecular weight is 378 g/mol. The van der Waals surface area contributed by atoms with Crippen molar-refractivity contribution in [3.63, 3.8) is 0 Å². The van der Waals surface area contributed by atoms with E-state index in [1.165, 1.54) is 18.5 Å². The van der Waals surface area contributed by atoms with Gasteiger partial charge in [0, 0.05) is 31.4 Å². The second kappa shape index (κ2) is 7.78. The molecule has 1 saturated heterocycles. The van der Waals surface area contributed by atoms with E-state index in [-0.39, 0.29) is 11.5 Å². The molecule has 0 radical (unpaired) electrons. The molecule has 3 heterocycles. The number of aromatic carboxylic acids is 1. The number of hydrogen-bond acceptors (Lipinski definition) is 5. The molecule has 0 saturated carbocycles. The topological polar surface area (TPSA) is 95.7 Å². The van der Waals surface area contributed by atoms with Crippen molar-refractivity contribution >= 4 is 29.3 Å². The van der Waals surface area contributed by atoms with Gasteiger partial charge in [0.05, 0.1) is 16.8 Å². The summed E-state index contributed by atoms with van der Waals surface area (Å²) >= 11 is 6.18. The van der Waals surface area contributed by atoms with Crippen LogP contribution >= 0.6 is 11.6 Å². The Bertz CT molecular complexity index is 813. The minimum Gasteiger partial charge on any atom is -0.478 e. The van der Waals surface area contributed by atoms with Crippen LogP contribution in [0.1, 0.15) is 39.3 Å². The maximum Gasteiger partial charge on any atom is 0.337 e. The van der Waals surface area contributed by atoms with Crippen molar-refractivity contribution in [1.29, 1.82) is 0 Å². The van der Waals surface area contributed by atoms with E-state index in [9.17, 15) is 9.59 Å². The maximum absolute atomic E-state index is 12.1. The summed E-state index contributed by atoms with van der Waals surface area (Å²) in [4.78, 5) is 29.3. The van der Waals surface area contributed by atoms with Crippen LogP contribution in [0, 0.1) is 12.8 Å². The minimum atomic E-state index is -1.05. The highest BCUT2D eigenvalue weighted by atomic mass is 35.5. The number of carbonyl (C=O) groups excluding carboxylic acids is 1. The smallest absolute Gasteiger partial charge is 0.337 e. The van der Waals surface area contributed by atoms with Gasteiger partial charge >= 0.3 is 5.97 Å². The van der Waals surface area contributed by atoms with Gasteiger partial charge in [-0.05, 0) is 37.8 Å². The van der Waals surface area contributed by atoms with Gasteiger partial charge in [0.1, 0.15) is 5.82 Å². The molecule has 8 heteroatoms. The molecule has 7 nitrogen and oxygen atoms in total. The van der Waals surface area contributed by atoms with Crippen LogP contribution in [0.4, 0.5) is 5.82 Å². The molecule has 138 valence electrons. The first-order valence-electron chi connectivity index (χ1n) is 8.41. The molecule has 1 aliphatic rings. The van der Waals surface area contributed by atoms with E-state index in [2.05, 4.69) is 10.3 Å². The van der Waals surface area contributed by atoms with Crippen LogP contribution in [-0.4, -0.2) is 41.6 Å². The molecular weight excluding hydrogens is 358 g/mol. The number of aromatic nitrogens is 1. The number of carboxylic acid groups (broad SMARTS) is 1. The summed E-state index contributed by atoms with van der Waals surface area (Å²) in [5, 5.41) is 12.2. The summed E-state index contributed by atoms with van der Waals surface area (Å²) in [6.45, 7) is 3.92. The Kier molecular flexibility index (Phi) is 5.46. The van der Waals surface area contributed by atoms with Crippen molar-refractivity contribution in [3.8, 4) is 0 Å². The zero-order chi connectivity index (χ0) is 18.7. The number of rotatable bonds is 5. The van der Waals surface area contributed by atoms with Gasteiger partial charge in [0.25, 0.3) is 5.91 Å². The third-order valence-electron chi connectivity index (χ3n) is 4.60. The Morgan fingerprint density at radius 2 is 2.15 bits per heavy atom. The molecule has 0 unspecified atom stereocenters. The number of piperidine rings is 1. The molecule has 26 heavy (non-hydrogen) atoms.